The highest BCUT2D eigenvalue weighted by atomic mass is 79.9. The quantitative estimate of drug-likeness (QED) is 0.706. The van der Waals surface area contributed by atoms with Crippen molar-refractivity contribution >= 4 is 48.5 Å². The Morgan fingerprint density at radius 1 is 1.12 bits per heavy atom. The number of fused-ring (bicyclic) bond motifs is 2. The number of nitrogens with zero attached hydrogens (tertiary/aromatic N) is 1. The van der Waals surface area contributed by atoms with Crippen molar-refractivity contribution in [1.82, 2.24) is 4.98 Å². The Hall–Kier alpha value is -0.740. The Morgan fingerprint density at radius 3 is 2.76 bits per heavy atom. The molecule has 0 amide bonds. The summed E-state index contributed by atoms with van der Waals surface area (Å²) in [5, 5.41) is 1.00. The molecule has 2 nitrogen and oxygen atoms in total. The first-order valence-electron chi connectivity index (χ1n) is 5.47. The van der Waals surface area contributed by atoms with Gasteiger partial charge in [-0.05, 0) is 47.0 Å². The summed E-state index contributed by atoms with van der Waals surface area (Å²) in [6, 6.07) is 5.94. The van der Waals surface area contributed by atoms with Crippen molar-refractivity contribution in [3.8, 4) is 0 Å². The SMILES string of the molecule is O=C1CCCc2nc3c(Br)cc(Br)cc3cc21. The summed E-state index contributed by atoms with van der Waals surface area (Å²) in [7, 11) is 0. The van der Waals surface area contributed by atoms with Gasteiger partial charge in [0, 0.05) is 26.3 Å². The van der Waals surface area contributed by atoms with Gasteiger partial charge in [-0.3, -0.25) is 9.78 Å². The predicted molar refractivity (Wildman–Crippen MR) is 74.4 cm³/mol. The third-order valence-electron chi connectivity index (χ3n) is 3.03. The average Bonchev–Trinajstić information content (AvgIpc) is 2.28. The summed E-state index contributed by atoms with van der Waals surface area (Å²) in [5.41, 5.74) is 2.67. The highest BCUT2D eigenvalue weighted by Crippen LogP contribution is 2.30. The van der Waals surface area contributed by atoms with Crippen LogP contribution < -0.4 is 0 Å². The van der Waals surface area contributed by atoms with Gasteiger partial charge in [-0.1, -0.05) is 15.9 Å². The molecule has 1 aliphatic rings. The van der Waals surface area contributed by atoms with Crippen molar-refractivity contribution in [2.24, 2.45) is 0 Å². The molecule has 0 bridgehead atoms. The van der Waals surface area contributed by atoms with Gasteiger partial charge in [0.05, 0.1) is 11.2 Å². The minimum atomic E-state index is 0.219. The lowest BCUT2D eigenvalue weighted by Gasteiger charge is -2.15. The van der Waals surface area contributed by atoms with E-state index in [4.69, 9.17) is 0 Å². The predicted octanol–water partition coefficient (Wildman–Crippen LogP) is 4.28. The van der Waals surface area contributed by atoms with Crippen molar-refractivity contribution in [3.05, 3.63) is 38.4 Å². The van der Waals surface area contributed by atoms with Crippen LogP contribution in [0.25, 0.3) is 10.9 Å². The molecular formula is C13H9Br2NO. The van der Waals surface area contributed by atoms with Gasteiger partial charge in [0.1, 0.15) is 0 Å². The van der Waals surface area contributed by atoms with E-state index >= 15 is 0 Å². The fraction of sp³-hybridized carbons (Fsp3) is 0.231. The molecule has 1 aromatic carbocycles. The van der Waals surface area contributed by atoms with Crippen LogP contribution in [0.2, 0.25) is 0 Å². The molecule has 1 aromatic heterocycles. The Kier molecular flexibility index (Phi) is 2.79. The third-order valence-corrected chi connectivity index (χ3v) is 4.10. The fourth-order valence-corrected chi connectivity index (χ4v) is 3.58. The van der Waals surface area contributed by atoms with E-state index in [2.05, 4.69) is 36.8 Å². The second-order valence-corrected chi connectivity index (χ2v) is 5.99. The third kappa shape index (κ3) is 1.93. The number of aryl methyl sites for hydroxylation is 1. The van der Waals surface area contributed by atoms with Gasteiger partial charge in [0.15, 0.2) is 5.78 Å². The number of benzene rings is 1. The van der Waals surface area contributed by atoms with E-state index in [9.17, 15) is 4.79 Å². The van der Waals surface area contributed by atoms with Crippen LogP contribution in [0.5, 0.6) is 0 Å². The summed E-state index contributed by atoms with van der Waals surface area (Å²) >= 11 is 6.96. The van der Waals surface area contributed by atoms with E-state index in [1.165, 1.54) is 0 Å². The lowest BCUT2D eigenvalue weighted by molar-refractivity contribution is 0.0972. The molecule has 0 fully saturated rings. The maximum atomic E-state index is 11.8. The summed E-state index contributed by atoms with van der Waals surface area (Å²) in [6.45, 7) is 0. The number of hydrogen-bond acceptors (Lipinski definition) is 2. The molecule has 0 N–H and O–H groups in total. The van der Waals surface area contributed by atoms with Crippen LogP contribution in [0.3, 0.4) is 0 Å². The van der Waals surface area contributed by atoms with E-state index < -0.39 is 0 Å². The van der Waals surface area contributed by atoms with Crippen molar-refractivity contribution in [3.63, 3.8) is 0 Å². The van der Waals surface area contributed by atoms with E-state index in [1.807, 2.05) is 18.2 Å². The summed E-state index contributed by atoms with van der Waals surface area (Å²) in [6.07, 6.45) is 2.47. The second-order valence-electron chi connectivity index (χ2n) is 4.22. The first-order valence-corrected chi connectivity index (χ1v) is 7.05. The van der Waals surface area contributed by atoms with Crippen LogP contribution in [0.15, 0.2) is 27.1 Å². The van der Waals surface area contributed by atoms with Crippen LogP contribution in [-0.4, -0.2) is 10.8 Å². The zero-order valence-electron chi connectivity index (χ0n) is 8.96. The van der Waals surface area contributed by atoms with Crippen LogP contribution in [0.1, 0.15) is 28.9 Å². The molecule has 17 heavy (non-hydrogen) atoms. The minimum absolute atomic E-state index is 0.219. The molecule has 0 radical (unpaired) electrons. The highest BCUT2D eigenvalue weighted by molar-refractivity contribution is 9.11. The largest absolute Gasteiger partial charge is 0.294 e. The maximum Gasteiger partial charge on any atom is 0.164 e. The Bertz CT molecular complexity index is 637. The lowest BCUT2D eigenvalue weighted by Crippen LogP contribution is -2.12. The number of carbonyl (C=O) groups is 1. The summed E-state index contributed by atoms with van der Waals surface area (Å²) in [5.74, 6) is 0.219. The number of rotatable bonds is 0. The summed E-state index contributed by atoms with van der Waals surface area (Å²) < 4.78 is 1.95. The number of aromatic nitrogens is 1. The topological polar surface area (TPSA) is 30.0 Å². The van der Waals surface area contributed by atoms with Crippen molar-refractivity contribution < 1.29 is 4.79 Å². The number of halogens is 2. The molecule has 2 aromatic rings. The van der Waals surface area contributed by atoms with Gasteiger partial charge in [0.2, 0.25) is 0 Å². The minimum Gasteiger partial charge on any atom is -0.294 e. The number of hydrogen-bond donors (Lipinski definition) is 0. The molecule has 0 aliphatic heterocycles. The number of carbonyl (C=O) groups excluding carboxylic acids is 1. The zero-order valence-corrected chi connectivity index (χ0v) is 12.1. The van der Waals surface area contributed by atoms with Crippen LogP contribution in [0, 0.1) is 0 Å². The molecule has 0 saturated carbocycles. The standard InChI is InChI=1S/C13H9Br2NO/c14-8-4-7-5-9-11(2-1-3-12(9)17)16-13(7)10(15)6-8/h4-6H,1-3H2. The smallest absolute Gasteiger partial charge is 0.164 e. The first-order chi connectivity index (χ1) is 8.15. The van der Waals surface area contributed by atoms with E-state index in [-0.39, 0.29) is 5.78 Å². The molecule has 4 heteroatoms. The number of ketones is 1. The molecule has 0 atom stereocenters. The van der Waals surface area contributed by atoms with Crippen LogP contribution in [-0.2, 0) is 6.42 Å². The van der Waals surface area contributed by atoms with E-state index in [0.29, 0.717) is 6.42 Å². The molecule has 1 aliphatic carbocycles. The van der Waals surface area contributed by atoms with Crippen molar-refractivity contribution in [2.45, 2.75) is 19.3 Å². The molecule has 1 heterocycles. The zero-order chi connectivity index (χ0) is 12.0. The molecular weight excluding hydrogens is 346 g/mol. The second kappa shape index (κ2) is 4.18. The van der Waals surface area contributed by atoms with Crippen LogP contribution >= 0.6 is 31.9 Å². The maximum absolute atomic E-state index is 11.8. The summed E-state index contributed by atoms with van der Waals surface area (Å²) in [4.78, 5) is 16.5. The Labute approximate surface area is 116 Å². The molecule has 0 saturated heterocycles. The van der Waals surface area contributed by atoms with Gasteiger partial charge in [0.25, 0.3) is 0 Å². The van der Waals surface area contributed by atoms with Gasteiger partial charge >= 0.3 is 0 Å². The Balaban J connectivity index is 2.35. The fourth-order valence-electron chi connectivity index (χ4n) is 2.23. The molecule has 86 valence electrons. The lowest BCUT2D eigenvalue weighted by atomic mass is 9.93. The first kappa shape index (κ1) is 11.4. The van der Waals surface area contributed by atoms with Crippen molar-refractivity contribution in [2.75, 3.05) is 0 Å². The Morgan fingerprint density at radius 2 is 1.94 bits per heavy atom. The average molecular weight is 355 g/mol. The van der Waals surface area contributed by atoms with Gasteiger partial charge in [-0.25, -0.2) is 0 Å². The number of Topliss-reactive ketones (excluding diaryl/α,β-unsaturated/α-hetero) is 1. The number of pyridine rings is 1. The van der Waals surface area contributed by atoms with Gasteiger partial charge in [-0.2, -0.15) is 0 Å². The van der Waals surface area contributed by atoms with Crippen LogP contribution in [0.4, 0.5) is 0 Å². The van der Waals surface area contributed by atoms with Crippen molar-refractivity contribution in [1.29, 1.82) is 0 Å². The monoisotopic (exact) mass is 353 g/mol. The van der Waals surface area contributed by atoms with E-state index in [1.54, 1.807) is 0 Å². The van der Waals surface area contributed by atoms with Gasteiger partial charge in [-0.15, -0.1) is 0 Å². The highest BCUT2D eigenvalue weighted by Gasteiger charge is 2.19. The molecule has 0 unspecified atom stereocenters. The van der Waals surface area contributed by atoms with Gasteiger partial charge < -0.3 is 0 Å². The van der Waals surface area contributed by atoms with E-state index in [0.717, 1.165) is 43.9 Å². The normalized spacial score (nSPS) is 15.1. The molecule has 0 spiro atoms. The molecule has 3 rings (SSSR count).